The van der Waals surface area contributed by atoms with E-state index in [1.54, 1.807) is 55.5 Å². The average molecular weight is 418 g/mol. The van der Waals surface area contributed by atoms with Gasteiger partial charge in [-0.05, 0) is 61.0 Å². The molecule has 31 heavy (non-hydrogen) atoms. The second-order valence-corrected chi connectivity index (χ2v) is 6.54. The molecule has 0 fully saturated rings. The zero-order chi connectivity index (χ0) is 22.4. The van der Waals surface area contributed by atoms with Crippen molar-refractivity contribution in [3.8, 4) is 22.8 Å². The van der Waals surface area contributed by atoms with Crippen molar-refractivity contribution < 1.29 is 27.9 Å². The Kier molecular flexibility index (Phi) is 6.62. The van der Waals surface area contributed by atoms with Crippen LogP contribution in [-0.2, 0) is 9.59 Å². The molecule has 0 bridgehead atoms. The van der Waals surface area contributed by atoms with Crippen molar-refractivity contribution in [1.29, 1.82) is 0 Å². The fraction of sp³-hybridized carbons (Fsp3) is 0.0400. The first kappa shape index (κ1) is 21.5. The summed E-state index contributed by atoms with van der Waals surface area (Å²) in [5, 5.41) is 0. The molecule has 0 atom stereocenters. The van der Waals surface area contributed by atoms with Gasteiger partial charge in [-0.1, -0.05) is 31.4 Å². The predicted molar refractivity (Wildman–Crippen MR) is 116 cm³/mol. The SMILES string of the molecule is C=CC(=O)Oc1ccc(-c2ccc(/C=C/c3ccc(OC(=O)C(=C)C)cc3)o2)cc1F. The van der Waals surface area contributed by atoms with Crippen LogP contribution in [0.25, 0.3) is 23.5 Å². The molecule has 0 N–H and O–H groups in total. The van der Waals surface area contributed by atoms with Gasteiger partial charge in [-0.3, -0.25) is 0 Å². The van der Waals surface area contributed by atoms with E-state index in [-0.39, 0.29) is 5.75 Å². The van der Waals surface area contributed by atoms with Gasteiger partial charge in [-0.25, -0.2) is 14.0 Å². The largest absolute Gasteiger partial charge is 0.457 e. The molecule has 1 heterocycles. The van der Waals surface area contributed by atoms with Crippen molar-refractivity contribution in [3.05, 3.63) is 96.5 Å². The van der Waals surface area contributed by atoms with Crippen LogP contribution in [0.2, 0.25) is 0 Å². The molecule has 0 aliphatic rings. The number of halogens is 1. The second kappa shape index (κ2) is 9.54. The zero-order valence-corrected chi connectivity index (χ0v) is 16.8. The van der Waals surface area contributed by atoms with E-state index in [2.05, 4.69) is 13.2 Å². The summed E-state index contributed by atoms with van der Waals surface area (Å²) in [6, 6.07) is 14.6. The minimum Gasteiger partial charge on any atom is -0.457 e. The van der Waals surface area contributed by atoms with E-state index in [0.717, 1.165) is 11.6 Å². The van der Waals surface area contributed by atoms with E-state index in [4.69, 9.17) is 13.9 Å². The first-order valence-electron chi connectivity index (χ1n) is 9.25. The molecule has 0 unspecified atom stereocenters. The summed E-state index contributed by atoms with van der Waals surface area (Å²) in [6.07, 6.45) is 4.54. The lowest BCUT2D eigenvalue weighted by atomic mass is 10.1. The Morgan fingerprint density at radius 2 is 1.74 bits per heavy atom. The van der Waals surface area contributed by atoms with Crippen molar-refractivity contribution in [2.24, 2.45) is 0 Å². The van der Waals surface area contributed by atoms with Gasteiger partial charge < -0.3 is 13.9 Å². The maximum atomic E-state index is 14.2. The topological polar surface area (TPSA) is 65.7 Å². The average Bonchev–Trinajstić information content (AvgIpc) is 3.23. The fourth-order valence-electron chi connectivity index (χ4n) is 2.50. The summed E-state index contributed by atoms with van der Waals surface area (Å²) >= 11 is 0. The molecule has 0 aliphatic heterocycles. The number of furan rings is 1. The summed E-state index contributed by atoms with van der Waals surface area (Å²) in [7, 11) is 0. The van der Waals surface area contributed by atoms with Crippen molar-refractivity contribution in [3.63, 3.8) is 0 Å². The molecule has 156 valence electrons. The van der Waals surface area contributed by atoms with E-state index in [0.29, 0.717) is 28.4 Å². The van der Waals surface area contributed by atoms with Crippen LogP contribution >= 0.6 is 0 Å². The maximum Gasteiger partial charge on any atom is 0.338 e. The first-order valence-corrected chi connectivity index (χ1v) is 9.25. The van der Waals surface area contributed by atoms with Crippen molar-refractivity contribution >= 4 is 24.1 Å². The summed E-state index contributed by atoms with van der Waals surface area (Å²) in [4.78, 5) is 22.7. The summed E-state index contributed by atoms with van der Waals surface area (Å²) in [5.74, 6) is -0.632. The quantitative estimate of drug-likeness (QED) is 0.274. The van der Waals surface area contributed by atoms with Gasteiger partial charge >= 0.3 is 11.9 Å². The smallest absolute Gasteiger partial charge is 0.338 e. The van der Waals surface area contributed by atoms with Crippen molar-refractivity contribution in [1.82, 2.24) is 0 Å². The Bertz CT molecular complexity index is 1170. The van der Waals surface area contributed by atoms with Gasteiger partial charge in [-0.15, -0.1) is 0 Å². The molecule has 0 saturated heterocycles. The molecule has 6 heteroatoms. The van der Waals surface area contributed by atoms with Gasteiger partial charge in [0.05, 0.1) is 0 Å². The van der Waals surface area contributed by atoms with Gasteiger partial charge in [0.1, 0.15) is 17.3 Å². The summed E-state index contributed by atoms with van der Waals surface area (Å²) in [6.45, 7) is 8.39. The molecular formula is C25H19FO5. The normalized spacial score (nSPS) is 10.6. The lowest BCUT2D eigenvalue weighted by Gasteiger charge is -2.04. The molecule has 0 radical (unpaired) electrons. The maximum absolute atomic E-state index is 14.2. The van der Waals surface area contributed by atoms with Crippen LogP contribution in [0.1, 0.15) is 18.2 Å². The number of ether oxygens (including phenoxy) is 2. The van der Waals surface area contributed by atoms with Gasteiger partial charge in [0.2, 0.25) is 0 Å². The summed E-state index contributed by atoms with van der Waals surface area (Å²) < 4.78 is 29.9. The zero-order valence-electron chi connectivity index (χ0n) is 16.8. The highest BCUT2D eigenvalue weighted by Crippen LogP contribution is 2.28. The Hall–Kier alpha value is -4.19. The van der Waals surface area contributed by atoms with E-state index < -0.39 is 17.8 Å². The standard InChI is InChI=1S/C25H19FO5/c1-4-24(27)31-23-13-8-18(15-21(23)26)22-14-12-19(29-22)9-5-17-6-10-20(11-7-17)30-25(28)16(2)3/h4-15H,1-2H2,3H3/b9-5+. The second-order valence-electron chi connectivity index (χ2n) is 6.54. The van der Waals surface area contributed by atoms with Crippen LogP contribution in [0.4, 0.5) is 4.39 Å². The summed E-state index contributed by atoms with van der Waals surface area (Å²) in [5.41, 5.74) is 1.69. The van der Waals surface area contributed by atoms with Gasteiger partial charge in [-0.2, -0.15) is 0 Å². The minimum absolute atomic E-state index is 0.183. The Morgan fingerprint density at radius 3 is 2.39 bits per heavy atom. The highest BCUT2D eigenvalue weighted by molar-refractivity contribution is 5.88. The van der Waals surface area contributed by atoms with Gasteiger partial charge in [0, 0.05) is 17.2 Å². The van der Waals surface area contributed by atoms with Crippen molar-refractivity contribution in [2.75, 3.05) is 0 Å². The molecule has 0 spiro atoms. The molecular weight excluding hydrogens is 399 g/mol. The monoisotopic (exact) mass is 418 g/mol. The number of hydrogen-bond donors (Lipinski definition) is 0. The highest BCUT2D eigenvalue weighted by Gasteiger charge is 2.11. The third kappa shape index (κ3) is 5.67. The third-order valence-electron chi connectivity index (χ3n) is 4.10. The molecule has 5 nitrogen and oxygen atoms in total. The minimum atomic E-state index is -0.737. The third-order valence-corrected chi connectivity index (χ3v) is 4.10. The van der Waals surface area contributed by atoms with Crippen LogP contribution in [-0.4, -0.2) is 11.9 Å². The van der Waals surface area contributed by atoms with Crippen LogP contribution in [0.15, 0.2) is 83.8 Å². The molecule has 0 amide bonds. The number of carbonyl (C=O) groups excluding carboxylic acids is 2. The molecule has 3 aromatic rings. The van der Waals surface area contributed by atoms with E-state index >= 15 is 0 Å². The molecule has 1 aromatic heterocycles. The molecule has 0 saturated carbocycles. The van der Waals surface area contributed by atoms with Gasteiger partial charge in [0.15, 0.2) is 11.6 Å². The van der Waals surface area contributed by atoms with E-state index in [1.165, 1.54) is 12.1 Å². The number of esters is 2. The van der Waals surface area contributed by atoms with E-state index in [9.17, 15) is 14.0 Å². The predicted octanol–water partition coefficient (Wildman–Crippen LogP) is 5.83. The first-order chi connectivity index (χ1) is 14.9. The number of rotatable bonds is 7. The van der Waals surface area contributed by atoms with Crippen LogP contribution in [0, 0.1) is 5.82 Å². The van der Waals surface area contributed by atoms with Crippen LogP contribution < -0.4 is 9.47 Å². The van der Waals surface area contributed by atoms with Crippen LogP contribution in [0.3, 0.4) is 0 Å². The van der Waals surface area contributed by atoms with Gasteiger partial charge in [0.25, 0.3) is 0 Å². The fourth-order valence-corrected chi connectivity index (χ4v) is 2.50. The number of carbonyl (C=O) groups is 2. The number of hydrogen-bond acceptors (Lipinski definition) is 5. The molecule has 0 aliphatic carbocycles. The van der Waals surface area contributed by atoms with E-state index in [1.807, 2.05) is 6.08 Å². The lowest BCUT2D eigenvalue weighted by Crippen LogP contribution is -2.07. The Balaban J connectivity index is 1.68. The Labute approximate surface area is 178 Å². The Morgan fingerprint density at radius 1 is 1.00 bits per heavy atom. The van der Waals surface area contributed by atoms with Crippen LogP contribution in [0.5, 0.6) is 11.5 Å². The molecule has 3 rings (SSSR count). The number of benzene rings is 2. The lowest BCUT2D eigenvalue weighted by molar-refractivity contribution is -0.130. The molecule has 2 aromatic carbocycles. The van der Waals surface area contributed by atoms with Crippen molar-refractivity contribution in [2.45, 2.75) is 6.92 Å². The highest BCUT2D eigenvalue weighted by atomic mass is 19.1.